The van der Waals surface area contributed by atoms with Crippen molar-refractivity contribution in [1.82, 2.24) is 4.98 Å². The molecule has 1 heterocycles. The second-order valence-corrected chi connectivity index (χ2v) is 6.94. The zero-order valence-corrected chi connectivity index (χ0v) is 13.4. The fourth-order valence-corrected chi connectivity index (χ4v) is 2.90. The molecule has 0 spiro atoms. The van der Waals surface area contributed by atoms with Crippen molar-refractivity contribution in [1.29, 1.82) is 0 Å². The molecule has 1 aromatic carbocycles. The molecule has 8 heteroatoms. The number of azo groups is 1. The van der Waals surface area contributed by atoms with E-state index in [1.807, 2.05) is 0 Å². The molecule has 6 nitrogen and oxygen atoms in total. The molecule has 1 unspecified atom stereocenters. The van der Waals surface area contributed by atoms with Crippen LogP contribution in [0.15, 0.2) is 28.4 Å². The maximum absolute atomic E-state index is 12.1. The van der Waals surface area contributed by atoms with Crippen LogP contribution in [-0.2, 0) is 4.79 Å². The molecule has 1 aliphatic carbocycles. The number of rotatable bonds is 3. The SMILES string of the molecule is COc1ccc2[nH]c(O)c(N=NC(=O)C3(C)CC3(Cl)Cl)c2c1. The number of fused-ring (bicyclic) bond motifs is 1. The van der Waals surface area contributed by atoms with Crippen LogP contribution in [0.1, 0.15) is 13.3 Å². The number of benzene rings is 1. The smallest absolute Gasteiger partial charge is 0.273 e. The Labute approximate surface area is 136 Å². The van der Waals surface area contributed by atoms with E-state index in [1.54, 1.807) is 25.1 Å². The third-order valence-corrected chi connectivity index (χ3v) is 5.03. The maximum atomic E-state index is 12.1. The summed E-state index contributed by atoms with van der Waals surface area (Å²) in [6.07, 6.45) is 0.328. The number of aromatic hydroxyl groups is 1. The molecule has 1 aliphatic rings. The van der Waals surface area contributed by atoms with Crippen molar-refractivity contribution in [3.63, 3.8) is 0 Å². The lowest BCUT2D eigenvalue weighted by Crippen LogP contribution is -2.15. The number of amides is 1. The van der Waals surface area contributed by atoms with E-state index in [0.717, 1.165) is 0 Å². The number of methoxy groups -OCH3 is 1. The van der Waals surface area contributed by atoms with Crippen molar-refractivity contribution in [2.24, 2.45) is 15.6 Å². The third-order valence-electron chi connectivity index (χ3n) is 3.93. The van der Waals surface area contributed by atoms with Gasteiger partial charge in [0.25, 0.3) is 5.91 Å². The van der Waals surface area contributed by atoms with Crippen LogP contribution < -0.4 is 4.74 Å². The minimum Gasteiger partial charge on any atom is -0.497 e. The lowest BCUT2D eigenvalue weighted by molar-refractivity contribution is -0.122. The second-order valence-electron chi connectivity index (χ2n) is 5.45. The van der Waals surface area contributed by atoms with E-state index in [0.29, 0.717) is 23.1 Å². The van der Waals surface area contributed by atoms with Crippen LogP contribution in [0.3, 0.4) is 0 Å². The van der Waals surface area contributed by atoms with E-state index in [-0.39, 0.29) is 11.6 Å². The van der Waals surface area contributed by atoms with Gasteiger partial charge in [-0.2, -0.15) is 0 Å². The Balaban J connectivity index is 1.95. The van der Waals surface area contributed by atoms with E-state index in [4.69, 9.17) is 27.9 Å². The normalized spacial score (nSPS) is 23.1. The van der Waals surface area contributed by atoms with E-state index in [2.05, 4.69) is 15.2 Å². The molecule has 3 rings (SSSR count). The minimum absolute atomic E-state index is 0.168. The van der Waals surface area contributed by atoms with E-state index < -0.39 is 15.7 Å². The van der Waals surface area contributed by atoms with Gasteiger partial charge in [-0.3, -0.25) is 4.79 Å². The number of carbonyl (C=O) groups is 1. The number of nitrogens with zero attached hydrogens (tertiary/aromatic N) is 2. The van der Waals surface area contributed by atoms with E-state index >= 15 is 0 Å². The molecular formula is C14H13Cl2N3O3. The number of alkyl halides is 2. The highest BCUT2D eigenvalue weighted by Crippen LogP contribution is 2.64. The van der Waals surface area contributed by atoms with Gasteiger partial charge in [0.2, 0.25) is 5.88 Å². The summed E-state index contributed by atoms with van der Waals surface area (Å²) in [5, 5.41) is 18.0. The zero-order valence-electron chi connectivity index (χ0n) is 11.9. The van der Waals surface area contributed by atoms with Gasteiger partial charge in [0.15, 0.2) is 5.69 Å². The molecular weight excluding hydrogens is 329 g/mol. The van der Waals surface area contributed by atoms with E-state index in [1.165, 1.54) is 7.11 Å². The zero-order chi connectivity index (χ0) is 16.1. The van der Waals surface area contributed by atoms with Crippen LogP contribution in [-0.4, -0.2) is 27.4 Å². The first-order valence-electron chi connectivity index (χ1n) is 6.51. The van der Waals surface area contributed by atoms with Crippen LogP contribution in [0.4, 0.5) is 5.69 Å². The molecule has 1 amide bonds. The van der Waals surface area contributed by atoms with Crippen molar-refractivity contribution in [2.45, 2.75) is 17.7 Å². The Morgan fingerprint density at radius 1 is 1.45 bits per heavy atom. The maximum Gasteiger partial charge on any atom is 0.273 e. The number of H-pyrrole nitrogens is 1. The summed E-state index contributed by atoms with van der Waals surface area (Å²) in [5.74, 6) is -0.0955. The van der Waals surface area contributed by atoms with Gasteiger partial charge >= 0.3 is 0 Å². The van der Waals surface area contributed by atoms with Crippen LogP contribution in [0.25, 0.3) is 10.9 Å². The Morgan fingerprint density at radius 2 is 2.14 bits per heavy atom. The summed E-state index contributed by atoms with van der Waals surface area (Å²) in [5.41, 5.74) is -0.110. The highest BCUT2D eigenvalue weighted by molar-refractivity contribution is 6.53. The molecule has 0 aliphatic heterocycles. The lowest BCUT2D eigenvalue weighted by atomic mass is 10.1. The van der Waals surface area contributed by atoms with Gasteiger partial charge in [0, 0.05) is 5.39 Å². The third kappa shape index (κ3) is 2.23. The first kappa shape index (κ1) is 15.1. The largest absolute Gasteiger partial charge is 0.497 e. The van der Waals surface area contributed by atoms with Crippen LogP contribution in [0, 0.1) is 5.41 Å². The molecule has 0 radical (unpaired) electrons. The first-order chi connectivity index (χ1) is 10.3. The Bertz CT molecular complexity index is 800. The molecule has 1 aromatic heterocycles. The van der Waals surface area contributed by atoms with Crippen LogP contribution in [0.2, 0.25) is 0 Å². The molecule has 116 valence electrons. The van der Waals surface area contributed by atoms with Crippen molar-refractivity contribution >= 4 is 45.7 Å². The fourth-order valence-electron chi connectivity index (χ4n) is 2.21. The molecule has 0 bridgehead atoms. The number of aromatic amines is 1. The number of aromatic nitrogens is 1. The fraction of sp³-hybridized carbons (Fsp3) is 0.357. The summed E-state index contributed by atoms with van der Waals surface area (Å²) in [6.45, 7) is 1.63. The van der Waals surface area contributed by atoms with Crippen molar-refractivity contribution < 1.29 is 14.6 Å². The standard InChI is InChI=1S/C14H13Cl2N3O3/c1-13(6-14(13,15)16)12(21)19-18-10-8-5-7(22-2)3-4-9(8)17-11(10)20/h3-5,17,20H,6H2,1-2H3. The predicted octanol–water partition coefficient (Wildman–Crippen LogP) is 4.08. The number of nitrogens with one attached hydrogen (secondary N) is 1. The van der Waals surface area contributed by atoms with Crippen LogP contribution in [0.5, 0.6) is 11.6 Å². The summed E-state index contributed by atoms with van der Waals surface area (Å²) in [7, 11) is 1.53. The lowest BCUT2D eigenvalue weighted by Gasteiger charge is -2.04. The summed E-state index contributed by atoms with van der Waals surface area (Å²) >= 11 is 11.9. The first-order valence-corrected chi connectivity index (χ1v) is 7.27. The molecule has 1 atom stereocenters. The average Bonchev–Trinajstić information content (AvgIpc) is 2.85. The van der Waals surface area contributed by atoms with Gasteiger partial charge in [-0.15, -0.1) is 33.4 Å². The molecule has 1 fully saturated rings. The van der Waals surface area contributed by atoms with Gasteiger partial charge in [0.05, 0.1) is 18.0 Å². The van der Waals surface area contributed by atoms with Crippen molar-refractivity contribution in [3.8, 4) is 11.6 Å². The van der Waals surface area contributed by atoms with E-state index in [9.17, 15) is 9.90 Å². The van der Waals surface area contributed by atoms with Crippen molar-refractivity contribution in [2.75, 3.05) is 7.11 Å². The molecule has 2 N–H and O–H groups in total. The average molecular weight is 342 g/mol. The molecule has 1 saturated carbocycles. The topological polar surface area (TPSA) is 87.0 Å². The number of hydrogen-bond donors (Lipinski definition) is 2. The highest BCUT2D eigenvalue weighted by atomic mass is 35.5. The Hall–Kier alpha value is -1.79. The summed E-state index contributed by atoms with van der Waals surface area (Å²) < 4.78 is 4.03. The predicted molar refractivity (Wildman–Crippen MR) is 83.2 cm³/mol. The number of hydrogen-bond acceptors (Lipinski definition) is 4. The van der Waals surface area contributed by atoms with Gasteiger partial charge in [0.1, 0.15) is 10.1 Å². The molecule has 0 saturated heterocycles. The quantitative estimate of drug-likeness (QED) is 0.651. The second kappa shape index (κ2) is 4.86. The Kier molecular flexibility index (Phi) is 3.34. The molecule has 2 aromatic rings. The van der Waals surface area contributed by atoms with Gasteiger partial charge < -0.3 is 14.8 Å². The van der Waals surface area contributed by atoms with Crippen molar-refractivity contribution in [3.05, 3.63) is 18.2 Å². The van der Waals surface area contributed by atoms with Gasteiger partial charge in [-0.1, -0.05) is 0 Å². The number of ether oxygens (including phenoxy) is 1. The monoisotopic (exact) mass is 341 g/mol. The molecule has 22 heavy (non-hydrogen) atoms. The number of halogens is 2. The number of carbonyl (C=O) groups excluding carboxylic acids is 1. The summed E-state index contributed by atoms with van der Waals surface area (Å²) in [6, 6.07) is 5.17. The Morgan fingerprint density at radius 3 is 2.73 bits per heavy atom. The van der Waals surface area contributed by atoms with Gasteiger partial charge in [-0.05, 0) is 31.5 Å². The highest BCUT2D eigenvalue weighted by Gasteiger charge is 2.68. The minimum atomic E-state index is -1.10. The van der Waals surface area contributed by atoms with Crippen LogP contribution >= 0.6 is 23.2 Å². The summed E-state index contributed by atoms with van der Waals surface area (Å²) in [4.78, 5) is 14.8. The van der Waals surface area contributed by atoms with Gasteiger partial charge in [-0.25, -0.2) is 0 Å².